The number of fused-ring (bicyclic) bond motifs is 1. The quantitative estimate of drug-likeness (QED) is 0.868. The third-order valence-electron chi connectivity index (χ3n) is 3.73. The maximum absolute atomic E-state index is 11.1. The summed E-state index contributed by atoms with van der Waals surface area (Å²) in [7, 11) is -3.66. The van der Waals surface area contributed by atoms with Crippen LogP contribution in [0.15, 0.2) is 24.4 Å². The van der Waals surface area contributed by atoms with Gasteiger partial charge in [-0.2, -0.15) is 18.2 Å². The van der Waals surface area contributed by atoms with Gasteiger partial charge in [0.05, 0.1) is 6.20 Å². The molecule has 3 rings (SSSR count). The lowest BCUT2D eigenvalue weighted by molar-refractivity contribution is 0.458. The van der Waals surface area contributed by atoms with Crippen LogP contribution in [-0.2, 0) is 10.2 Å². The molecule has 9 heteroatoms. The summed E-state index contributed by atoms with van der Waals surface area (Å²) >= 11 is 6.00. The van der Waals surface area contributed by atoms with Crippen LogP contribution >= 0.6 is 11.6 Å². The number of anilines is 1. The number of halogens is 1. The molecular formula is C13H16ClN5O2S. The average Bonchev–Trinajstić information content (AvgIpc) is 2.45. The SMILES string of the molecule is NS(=O)(=O)NC1CCN(c2nncc3cc(Cl)ccc23)CC1. The van der Waals surface area contributed by atoms with Gasteiger partial charge in [-0.3, -0.25) is 0 Å². The minimum atomic E-state index is -3.66. The Bertz CT molecular complexity index is 790. The number of rotatable bonds is 3. The normalized spacial score (nSPS) is 17.1. The van der Waals surface area contributed by atoms with Crippen molar-refractivity contribution in [1.29, 1.82) is 0 Å². The van der Waals surface area contributed by atoms with Crippen LogP contribution in [0.1, 0.15) is 12.8 Å². The van der Waals surface area contributed by atoms with Crippen molar-refractivity contribution in [3.63, 3.8) is 0 Å². The van der Waals surface area contributed by atoms with Gasteiger partial charge in [-0.1, -0.05) is 11.6 Å². The Balaban J connectivity index is 1.79. The minimum Gasteiger partial charge on any atom is -0.354 e. The van der Waals surface area contributed by atoms with Crippen molar-refractivity contribution in [3.05, 3.63) is 29.4 Å². The number of nitrogens with zero attached hydrogens (tertiary/aromatic N) is 3. The van der Waals surface area contributed by atoms with Crippen LogP contribution in [0, 0.1) is 0 Å². The van der Waals surface area contributed by atoms with E-state index in [-0.39, 0.29) is 6.04 Å². The number of nitrogens with one attached hydrogen (secondary N) is 1. The maximum atomic E-state index is 11.1. The van der Waals surface area contributed by atoms with Gasteiger partial charge in [0.2, 0.25) is 0 Å². The lowest BCUT2D eigenvalue weighted by Crippen LogP contribution is -2.46. The lowest BCUT2D eigenvalue weighted by atomic mass is 10.1. The molecule has 1 fully saturated rings. The molecule has 0 saturated carbocycles. The molecule has 0 bridgehead atoms. The number of hydrogen-bond donors (Lipinski definition) is 2. The summed E-state index contributed by atoms with van der Waals surface area (Å²) in [6.45, 7) is 1.37. The first-order valence-corrected chi connectivity index (χ1v) is 8.81. The smallest absolute Gasteiger partial charge is 0.274 e. The van der Waals surface area contributed by atoms with Crippen molar-refractivity contribution in [2.45, 2.75) is 18.9 Å². The van der Waals surface area contributed by atoms with Crippen LogP contribution in [0.2, 0.25) is 5.02 Å². The van der Waals surface area contributed by atoms with Gasteiger partial charge in [0.15, 0.2) is 5.82 Å². The molecule has 0 radical (unpaired) electrons. The van der Waals surface area contributed by atoms with E-state index in [0.717, 1.165) is 16.6 Å². The summed E-state index contributed by atoms with van der Waals surface area (Å²) in [6.07, 6.45) is 3.02. The Kier molecular flexibility index (Phi) is 4.18. The highest BCUT2D eigenvalue weighted by Crippen LogP contribution is 2.27. The van der Waals surface area contributed by atoms with Gasteiger partial charge in [-0.15, -0.1) is 5.10 Å². The summed E-state index contributed by atoms with van der Waals surface area (Å²) < 4.78 is 24.6. The van der Waals surface area contributed by atoms with Gasteiger partial charge in [-0.05, 0) is 31.0 Å². The Morgan fingerprint density at radius 3 is 2.73 bits per heavy atom. The molecule has 1 saturated heterocycles. The summed E-state index contributed by atoms with van der Waals surface area (Å²) in [5, 5.41) is 15.8. The number of piperidine rings is 1. The first-order chi connectivity index (χ1) is 10.4. The number of nitrogens with two attached hydrogens (primary N) is 1. The first kappa shape index (κ1) is 15.4. The van der Waals surface area contributed by atoms with E-state index in [1.807, 2.05) is 18.2 Å². The highest BCUT2D eigenvalue weighted by atomic mass is 35.5. The molecule has 0 atom stereocenters. The molecular weight excluding hydrogens is 326 g/mol. The van der Waals surface area contributed by atoms with Crippen LogP contribution in [-0.4, -0.2) is 37.7 Å². The Morgan fingerprint density at radius 2 is 2.05 bits per heavy atom. The molecule has 1 aliphatic heterocycles. The van der Waals surface area contributed by atoms with Crippen LogP contribution in [0.5, 0.6) is 0 Å². The molecule has 2 aromatic rings. The van der Waals surface area contributed by atoms with Crippen LogP contribution in [0.3, 0.4) is 0 Å². The molecule has 0 spiro atoms. The largest absolute Gasteiger partial charge is 0.354 e. The number of benzene rings is 1. The molecule has 0 amide bonds. The van der Waals surface area contributed by atoms with Crippen molar-refractivity contribution < 1.29 is 8.42 Å². The summed E-state index contributed by atoms with van der Waals surface area (Å²) in [4.78, 5) is 2.10. The van der Waals surface area contributed by atoms with E-state index < -0.39 is 10.2 Å². The number of aromatic nitrogens is 2. The summed E-state index contributed by atoms with van der Waals surface area (Å²) in [5.74, 6) is 0.795. The van der Waals surface area contributed by atoms with Gasteiger partial charge in [0.25, 0.3) is 10.2 Å². The van der Waals surface area contributed by atoms with E-state index in [2.05, 4.69) is 19.8 Å². The second-order valence-corrected chi connectivity index (χ2v) is 7.09. The van der Waals surface area contributed by atoms with E-state index in [1.165, 1.54) is 0 Å². The maximum Gasteiger partial charge on any atom is 0.274 e. The fourth-order valence-electron chi connectivity index (χ4n) is 2.72. The predicted octanol–water partition coefficient (Wildman–Crippen LogP) is 1.05. The molecule has 0 aliphatic carbocycles. The average molecular weight is 342 g/mol. The topological polar surface area (TPSA) is 101 Å². The molecule has 3 N–H and O–H groups in total. The highest BCUT2D eigenvalue weighted by molar-refractivity contribution is 7.87. The standard InChI is InChI=1S/C13H16ClN5O2S/c14-10-1-2-12-9(7-10)8-16-17-13(12)19-5-3-11(4-6-19)18-22(15,20)21/h1-2,7-8,11,18H,3-6H2,(H2,15,20,21). The van der Waals surface area contributed by atoms with E-state index in [4.69, 9.17) is 16.7 Å². The Hall–Kier alpha value is -1.48. The van der Waals surface area contributed by atoms with E-state index >= 15 is 0 Å². The zero-order chi connectivity index (χ0) is 15.7. The third-order valence-corrected chi connectivity index (χ3v) is 4.63. The fourth-order valence-corrected chi connectivity index (χ4v) is 3.60. The Morgan fingerprint density at radius 1 is 1.32 bits per heavy atom. The lowest BCUT2D eigenvalue weighted by Gasteiger charge is -2.32. The Labute approximate surface area is 133 Å². The van der Waals surface area contributed by atoms with Crippen molar-refractivity contribution in [2.75, 3.05) is 18.0 Å². The zero-order valence-electron chi connectivity index (χ0n) is 11.7. The van der Waals surface area contributed by atoms with Crippen LogP contribution in [0.25, 0.3) is 10.8 Å². The summed E-state index contributed by atoms with van der Waals surface area (Å²) in [6, 6.07) is 5.47. The van der Waals surface area contributed by atoms with E-state index in [9.17, 15) is 8.42 Å². The first-order valence-electron chi connectivity index (χ1n) is 6.88. The molecule has 0 unspecified atom stereocenters. The molecule has 1 aromatic heterocycles. The predicted molar refractivity (Wildman–Crippen MR) is 86.0 cm³/mol. The second-order valence-electron chi connectivity index (χ2n) is 5.32. The van der Waals surface area contributed by atoms with Crippen molar-refractivity contribution >= 4 is 38.4 Å². The van der Waals surface area contributed by atoms with Crippen molar-refractivity contribution in [1.82, 2.24) is 14.9 Å². The fraction of sp³-hybridized carbons (Fsp3) is 0.385. The minimum absolute atomic E-state index is 0.136. The van der Waals surface area contributed by atoms with Gasteiger partial charge >= 0.3 is 0 Å². The van der Waals surface area contributed by atoms with Crippen molar-refractivity contribution in [2.24, 2.45) is 5.14 Å². The molecule has 2 heterocycles. The van der Waals surface area contributed by atoms with E-state index in [1.54, 1.807) is 6.20 Å². The molecule has 22 heavy (non-hydrogen) atoms. The third kappa shape index (κ3) is 3.46. The van der Waals surface area contributed by atoms with Crippen LogP contribution < -0.4 is 14.8 Å². The summed E-state index contributed by atoms with van der Waals surface area (Å²) in [5.41, 5.74) is 0. The van der Waals surface area contributed by atoms with Gasteiger partial charge < -0.3 is 4.90 Å². The van der Waals surface area contributed by atoms with Gasteiger partial charge in [-0.25, -0.2) is 5.14 Å². The molecule has 1 aliphatic rings. The second kappa shape index (κ2) is 5.96. The molecule has 1 aromatic carbocycles. The number of hydrogen-bond acceptors (Lipinski definition) is 5. The van der Waals surface area contributed by atoms with Gasteiger partial charge in [0, 0.05) is 34.9 Å². The highest BCUT2D eigenvalue weighted by Gasteiger charge is 2.23. The molecule has 118 valence electrons. The van der Waals surface area contributed by atoms with Gasteiger partial charge in [0.1, 0.15) is 0 Å². The van der Waals surface area contributed by atoms with Crippen molar-refractivity contribution in [3.8, 4) is 0 Å². The molecule has 7 nitrogen and oxygen atoms in total. The van der Waals surface area contributed by atoms with E-state index in [0.29, 0.717) is 31.0 Å². The monoisotopic (exact) mass is 341 g/mol. The zero-order valence-corrected chi connectivity index (χ0v) is 13.3. The van der Waals surface area contributed by atoms with Crippen LogP contribution in [0.4, 0.5) is 5.82 Å².